The van der Waals surface area contributed by atoms with Crippen molar-refractivity contribution in [2.45, 2.75) is 19.6 Å². The molecule has 19 heavy (non-hydrogen) atoms. The second-order valence-corrected chi connectivity index (χ2v) is 5.22. The Labute approximate surface area is 113 Å². The van der Waals surface area contributed by atoms with Crippen molar-refractivity contribution in [3.05, 3.63) is 40.4 Å². The van der Waals surface area contributed by atoms with Crippen LogP contribution >= 0.6 is 11.3 Å². The number of nitrogens with zero attached hydrogens (tertiary/aromatic N) is 1. The smallest absolute Gasteiger partial charge is 0.315 e. The van der Waals surface area contributed by atoms with Crippen LogP contribution in [0, 0.1) is 6.92 Å². The highest BCUT2D eigenvalue weighted by atomic mass is 32.1. The molecular formula is C13H13F3N2S. The van der Waals surface area contributed by atoms with Gasteiger partial charge in [-0.2, -0.15) is 13.2 Å². The van der Waals surface area contributed by atoms with Crippen molar-refractivity contribution in [3.63, 3.8) is 0 Å². The van der Waals surface area contributed by atoms with E-state index in [0.717, 1.165) is 22.5 Å². The Balaban J connectivity index is 2.52. The summed E-state index contributed by atoms with van der Waals surface area (Å²) in [5.41, 5.74) is 0.881. The lowest BCUT2D eigenvalue weighted by Gasteiger charge is -2.04. The van der Waals surface area contributed by atoms with Gasteiger partial charge in [-0.25, -0.2) is 4.98 Å². The lowest BCUT2D eigenvalue weighted by Crippen LogP contribution is -2.12. The molecule has 2 aromatic rings. The lowest BCUT2D eigenvalue weighted by atomic mass is 10.1. The van der Waals surface area contributed by atoms with Crippen LogP contribution in [0.4, 0.5) is 13.2 Å². The summed E-state index contributed by atoms with van der Waals surface area (Å²) in [5.74, 6) is 0. The van der Waals surface area contributed by atoms with Crippen LogP contribution in [0.3, 0.4) is 0 Å². The molecule has 0 spiro atoms. The van der Waals surface area contributed by atoms with E-state index in [4.69, 9.17) is 0 Å². The molecule has 1 heterocycles. The van der Waals surface area contributed by atoms with Crippen LogP contribution in [0.5, 0.6) is 0 Å². The number of alkyl halides is 3. The summed E-state index contributed by atoms with van der Waals surface area (Å²) in [6, 6.07) is 7.31. The zero-order chi connectivity index (χ0) is 14.0. The normalized spacial score (nSPS) is 11.8. The Morgan fingerprint density at radius 2 is 1.95 bits per heavy atom. The zero-order valence-corrected chi connectivity index (χ0v) is 11.3. The Kier molecular flexibility index (Phi) is 3.91. The number of aromatic nitrogens is 1. The van der Waals surface area contributed by atoms with E-state index in [1.165, 1.54) is 0 Å². The predicted molar refractivity (Wildman–Crippen MR) is 70.1 cm³/mol. The maximum atomic E-state index is 12.9. The Bertz CT molecular complexity index is 576. The summed E-state index contributed by atoms with van der Waals surface area (Å²) in [7, 11) is 1.62. The topological polar surface area (TPSA) is 24.9 Å². The van der Waals surface area contributed by atoms with Gasteiger partial charge in [-0.1, -0.05) is 24.3 Å². The summed E-state index contributed by atoms with van der Waals surface area (Å²) in [6.45, 7) is 2.03. The molecule has 0 radical (unpaired) electrons. The number of rotatable bonds is 3. The van der Waals surface area contributed by atoms with Gasteiger partial charge in [0.1, 0.15) is 5.01 Å². The molecule has 0 unspecified atom stereocenters. The molecule has 6 heteroatoms. The number of nitrogens with one attached hydrogen (secondary N) is 1. The minimum Gasteiger partial charge on any atom is -0.315 e. The van der Waals surface area contributed by atoms with E-state index >= 15 is 0 Å². The molecule has 2 rings (SSSR count). The van der Waals surface area contributed by atoms with Gasteiger partial charge in [0.25, 0.3) is 0 Å². The monoisotopic (exact) mass is 286 g/mol. The third-order valence-corrected chi connectivity index (χ3v) is 3.77. The molecule has 0 aliphatic heterocycles. The van der Waals surface area contributed by atoms with Crippen molar-refractivity contribution in [1.82, 2.24) is 10.3 Å². The van der Waals surface area contributed by atoms with E-state index in [1.807, 2.05) is 19.1 Å². The van der Waals surface area contributed by atoms with Gasteiger partial charge in [0, 0.05) is 12.1 Å². The molecule has 2 nitrogen and oxygen atoms in total. The molecule has 0 bridgehead atoms. The van der Waals surface area contributed by atoms with E-state index in [0.29, 0.717) is 5.01 Å². The highest BCUT2D eigenvalue weighted by Gasteiger charge is 2.37. The molecule has 1 N–H and O–H groups in total. The number of thiazole rings is 1. The first-order valence-corrected chi connectivity index (χ1v) is 6.52. The van der Waals surface area contributed by atoms with Crippen LogP contribution in [-0.2, 0) is 12.7 Å². The quantitative estimate of drug-likeness (QED) is 0.927. The lowest BCUT2D eigenvalue weighted by molar-refractivity contribution is -0.141. The van der Waals surface area contributed by atoms with Crippen molar-refractivity contribution in [2.75, 3.05) is 7.05 Å². The van der Waals surface area contributed by atoms with E-state index in [9.17, 15) is 13.2 Å². The molecule has 102 valence electrons. The third kappa shape index (κ3) is 2.96. The summed E-state index contributed by atoms with van der Waals surface area (Å²) < 4.78 is 38.8. The van der Waals surface area contributed by atoms with E-state index in [2.05, 4.69) is 10.3 Å². The molecule has 1 aromatic carbocycles. The summed E-state index contributed by atoms with van der Waals surface area (Å²) in [5, 5.41) is 3.16. The minimum absolute atomic E-state index is 0.165. The third-order valence-electron chi connectivity index (χ3n) is 2.68. The van der Waals surface area contributed by atoms with E-state index in [-0.39, 0.29) is 11.4 Å². The predicted octanol–water partition coefficient (Wildman–Crippen LogP) is 3.86. The highest BCUT2D eigenvalue weighted by Crippen LogP contribution is 2.38. The van der Waals surface area contributed by atoms with Crippen LogP contribution in [-0.4, -0.2) is 12.0 Å². The van der Waals surface area contributed by atoms with Crippen molar-refractivity contribution in [3.8, 4) is 10.6 Å². The molecule has 0 atom stereocenters. The average molecular weight is 286 g/mol. The van der Waals surface area contributed by atoms with Crippen LogP contribution in [0.2, 0.25) is 0 Å². The number of halogens is 3. The number of hydrogen-bond acceptors (Lipinski definition) is 3. The zero-order valence-electron chi connectivity index (χ0n) is 10.5. The maximum Gasteiger partial charge on any atom is 0.434 e. The first-order valence-electron chi connectivity index (χ1n) is 5.71. The van der Waals surface area contributed by atoms with Gasteiger partial charge in [-0.15, -0.1) is 11.3 Å². The van der Waals surface area contributed by atoms with Gasteiger partial charge in [-0.05, 0) is 19.5 Å². The second-order valence-electron chi connectivity index (χ2n) is 4.13. The summed E-state index contributed by atoms with van der Waals surface area (Å²) in [6.07, 6.45) is -4.41. The van der Waals surface area contributed by atoms with Gasteiger partial charge in [0.05, 0.1) is 4.88 Å². The fourth-order valence-corrected chi connectivity index (χ4v) is 2.97. The van der Waals surface area contributed by atoms with Crippen LogP contribution < -0.4 is 5.32 Å². The second kappa shape index (κ2) is 5.30. The molecule has 1 aromatic heterocycles. The first-order chi connectivity index (χ1) is 8.93. The number of hydrogen-bond donors (Lipinski definition) is 1. The number of benzene rings is 1. The van der Waals surface area contributed by atoms with Crippen molar-refractivity contribution in [2.24, 2.45) is 0 Å². The largest absolute Gasteiger partial charge is 0.434 e. The Morgan fingerprint density at radius 3 is 2.53 bits per heavy atom. The van der Waals surface area contributed by atoms with Gasteiger partial charge < -0.3 is 5.32 Å². The van der Waals surface area contributed by atoms with Crippen molar-refractivity contribution in [1.29, 1.82) is 0 Å². The highest BCUT2D eigenvalue weighted by molar-refractivity contribution is 7.15. The van der Waals surface area contributed by atoms with Crippen LogP contribution in [0.1, 0.15) is 16.1 Å². The maximum absolute atomic E-state index is 12.9. The van der Waals surface area contributed by atoms with Gasteiger partial charge in [0.2, 0.25) is 0 Å². The molecular weight excluding hydrogens is 273 g/mol. The molecule has 0 saturated heterocycles. The van der Waals surface area contributed by atoms with Gasteiger partial charge >= 0.3 is 6.18 Å². The first kappa shape index (κ1) is 14.0. The number of aryl methyl sites for hydroxylation is 1. The Morgan fingerprint density at radius 1 is 1.26 bits per heavy atom. The van der Waals surface area contributed by atoms with E-state index < -0.39 is 11.9 Å². The van der Waals surface area contributed by atoms with Crippen molar-refractivity contribution >= 4 is 11.3 Å². The Hall–Kier alpha value is -1.40. The van der Waals surface area contributed by atoms with Crippen molar-refractivity contribution < 1.29 is 13.2 Å². The van der Waals surface area contributed by atoms with Crippen LogP contribution in [0.25, 0.3) is 10.6 Å². The summed E-state index contributed by atoms with van der Waals surface area (Å²) >= 11 is 1.08. The molecule has 0 saturated carbocycles. The molecule has 0 aliphatic carbocycles. The molecule has 0 fully saturated rings. The minimum atomic E-state index is -4.41. The fraction of sp³-hybridized carbons (Fsp3) is 0.308. The molecule has 0 aliphatic rings. The van der Waals surface area contributed by atoms with Gasteiger partial charge in [0.15, 0.2) is 5.69 Å². The van der Waals surface area contributed by atoms with Gasteiger partial charge in [-0.3, -0.25) is 0 Å². The summed E-state index contributed by atoms with van der Waals surface area (Å²) in [4.78, 5) is 4.00. The SMILES string of the molecule is CNCc1sc(-c2ccccc2C)nc1C(F)(F)F. The average Bonchev–Trinajstić information content (AvgIpc) is 2.74. The van der Waals surface area contributed by atoms with Crippen LogP contribution in [0.15, 0.2) is 24.3 Å². The fourth-order valence-electron chi connectivity index (χ4n) is 1.78. The van der Waals surface area contributed by atoms with E-state index in [1.54, 1.807) is 19.2 Å². The standard InChI is InChI=1S/C13H13F3N2S/c1-8-5-3-4-6-9(8)12-18-11(13(14,15)16)10(19-12)7-17-2/h3-6,17H,7H2,1-2H3. The molecule has 0 amide bonds.